The van der Waals surface area contributed by atoms with Gasteiger partial charge < -0.3 is 14.0 Å². The smallest absolute Gasteiger partial charge is 0.343 e. The maximum Gasteiger partial charge on any atom is 0.343 e. The van der Waals surface area contributed by atoms with E-state index in [1.54, 1.807) is 18.2 Å². The second-order valence-corrected chi connectivity index (χ2v) is 5.26. The van der Waals surface area contributed by atoms with Gasteiger partial charge in [-0.1, -0.05) is 22.8 Å². The van der Waals surface area contributed by atoms with Gasteiger partial charge in [-0.25, -0.2) is 4.79 Å². The van der Waals surface area contributed by atoms with Crippen molar-refractivity contribution in [3.63, 3.8) is 0 Å². The number of carbonyl (C=O) groups excluding carboxylic acids is 1. The molecule has 0 saturated heterocycles. The van der Waals surface area contributed by atoms with Gasteiger partial charge in [0.15, 0.2) is 5.76 Å². The number of halogens is 1. The van der Waals surface area contributed by atoms with E-state index in [4.69, 9.17) is 25.6 Å². The standard InChI is InChI=1S/C15H14ClNO4/c1-19-10-5-3-4-9(16)11(10)13-12(15(18)20-2)14(21-17-13)8-6-7-8/h3-5,8H,6-7H2,1-2H3. The van der Waals surface area contributed by atoms with Crippen LogP contribution in [0.3, 0.4) is 0 Å². The molecule has 1 saturated carbocycles. The largest absolute Gasteiger partial charge is 0.496 e. The SMILES string of the molecule is COC(=O)c1c(-c2c(Cl)cccc2OC)noc1C1CC1. The maximum atomic E-state index is 12.1. The van der Waals surface area contributed by atoms with Crippen LogP contribution in [0.4, 0.5) is 0 Å². The van der Waals surface area contributed by atoms with E-state index in [1.807, 2.05) is 0 Å². The van der Waals surface area contributed by atoms with Gasteiger partial charge in [0.2, 0.25) is 0 Å². The summed E-state index contributed by atoms with van der Waals surface area (Å²) in [6, 6.07) is 5.24. The highest BCUT2D eigenvalue weighted by Crippen LogP contribution is 2.46. The summed E-state index contributed by atoms with van der Waals surface area (Å²) in [5.74, 6) is 0.853. The van der Waals surface area contributed by atoms with Crippen molar-refractivity contribution < 1.29 is 18.8 Å². The fourth-order valence-corrected chi connectivity index (χ4v) is 2.56. The minimum Gasteiger partial charge on any atom is -0.496 e. The first-order chi connectivity index (χ1) is 10.2. The van der Waals surface area contributed by atoms with Crippen molar-refractivity contribution in [1.29, 1.82) is 0 Å². The molecule has 0 radical (unpaired) electrons. The Kier molecular flexibility index (Phi) is 3.59. The minimum absolute atomic E-state index is 0.230. The first-order valence-electron chi connectivity index (χ1n) is 6.58. The lowest BCUT2D eigenvalue weighted by Crippen LogP contribution is -2.05. The Bertz CT molecular complexity index is 691. The van der Waals surface area contributed by atoms with Gasteiger partial charge in [0.1, 0.15) is 17.0 Å². The van der Waals surface area contributed by atoms with E-state index in [9.17, 15) is 4.79 Å². The number of hydrogen-bond acceptors (Lipinski definition) is 5. The summed E-state index contributed by atoms with van der Waals surface area (Å²) in [5, 5.41) is 4.49. The molecule has 2 aromatic rings. The number of methoxy groups -OCH3 is 2. The summed E-state index contributed by atoms with van der Waals surface area (Å²) in [4.78, 5) is 12.1. The lowest BCUT2D eigenvalue weighted by molar-refractivity contribution is 0.0599. The molecule has 0 N–H and O–H groups in total. The zero-order valence-electron chi connectivity index (χ0n) is 11.7. The summed E-state index contributed by atoms with van der Waals surface area (Å²) in [6.07, 6.45) is 1.97. The van der Waals surface area contributed by atoms with Gasteiger partial charge in [0.25, 0.3) is 0 Å². The lowest BCUT2D eigenvalue weighted by Gasteiger charge is -2.09. The molecule has 1 aromatic heterocycles. The molecular weight excluding hydrogens is 294 g/mol. The highest BCUT2D eigenvalue weighted by atomic mass is 35.5. The molecule has 1 aliphatic rings. The monoisotopic (exact) mass is 307 g/mol. The summed E-state index contributed by atoms with van der Waals surface area (Å²) in [7, 11) is 2.87. The summed E-state index contributed by atoms with van der Waals surface area (Å²) in [6.45, 7) is 0. The van der Waals surface area contributed by atoms with E-state index in [-0.39, 0.29) is 5.92 Å². The van der Waals surface area contributed by atoms with E-state index in [1.165, 1.54) is 14.2 Å². The molecular formula is C15H14ClNO4. The van der Waals surface area contributed by atoms with Gasteiger partial charge >= 0.3 is 5.97 Å². The van der Waals surface area contributed by atoms with Gasteiger partial charge in [-0.05, 0) is 25.0 Å². The Balaban J connectivity index is 2.21. The van der Waals surface area contributed by atoms with Crippen molar-refractivity contribution in [3.8, 4) is 17.0 Å². The quantitative estimate of drug-likeness (QED) is 0.807. The zero-order chi connectivity index (χ0) is 15.0. The first-order valence-corrected chi connectivity index (χ1v) is 6.96. The minimum atomic E-state index is -0.477. The number of esters is 1. The Morgan fingerprint density at radius 1 is 1.38 bits per heavy atom. The number of rotatable bonds is 4. The Labute approximate surface area is 126 Å². The average molecular weight is 308 g/mol. The predicted molar refractivity (Wildman–Crippen MR) is 76.8 cm³/mol. The van der Waals surface area contributed by atoms with E-state index in [0.29, 0.717) is 33.4 Å². The van der Waals surface area contributed by atoms with E-state index in [2.05, 4.69) is 5.16 Å². The molecule has 6 heteroatoms. The van der Waals surface area contributed by atoms with Gasteiger partial charge in [-0.3, -0.25) is 0 Å². The number of benzene rings is 1. The predicted octanol–water partition coefficient (Wildman–Crippen LogP) is 3.67. The van der Waals surface area contributed by atoms with Crippen molar-refractivity contribution in [2.75, 3.05) is 14.2 Å². The van der Waals surface area contributed by atoms with Crippen LogP contribution in [0.2, 0.25) is 5.02 Å². The molecule has 1 aliphatic carbocycles. The fourth-order valence-electron chi connectivity index (χ4n) is 2.30. The van der Waals surface area contributed by atoms with Gasteiger partial charge in [-0.2, -0.15) is 0 Å². The van der Waals surface area contributed by atoms with Gasteiger partial charge in [-0.15, -0.1) is 0 Å². The second-order valence-electron chi connectivity index (χ2n) is 4.85. The third-order valence-electron chi connectivity index (χ3n) is 3.49. The van der Waals surface area contributed by atoms with E-state index >= 15 is 0 Å². The summed E-state index contributed by atoms with van der Waals surface area (Å²) < 4.78 is 15.6. The Morgan fingerprint density at radius 2 is 2.14 bits per heavy atom. The van der Waals surface area contributed by atoms with Crippen LogP contribution >= 0.6 is 11.6 Å². The van der Waals surface area contributed by atoms with Crippen LogP contribution in [-0.2, 0) is 4.74 Å². The molecule has 21 heavy (non-hydrogen) atoms. The molecule has 0 unspecified atom stereocenters. The zero-order valence-corrected chi connectivity index (χ0v) is 12.4. The third kappa shape index (κ3) is 2.38. The summed E-state index contributed by atoms with van der Waals surface area (Å²) in [5.41, 5.74) is 1.25. The van der Waals surface area contributed by atoms with Crippen molar-refractivity contribution in [2.45, 2.75) is 18.8 Å². The molecule has 1 heterocycles. The molecule has 1 fully saturated rings. The number of nitrogens with zero attached hydrogens (tertiary/aromatic N) is 1. The fraction of sp³-hybridized carbons (Fsp3) is 0.333. The molecule has 0 bridgehead atoms. The molecule has 3 rings (SSSR count). The highest BCUT2D eigenvalue weighted by Gasteiger charge is 2.36. The first kappa shape index (κ1) is 13.9. The third-order valence-corrected chi connectivity index (χ3v) is 3.80. The van der Waals surface area contributed by atoms with Crippen LogP contribution in [-0.4, -0.2) is 25.3 Å². The lowest BCUT2D eigenvalue weighted by atomic mass is 10.0. The second kappa shape index (κ2) is 5.41. The molecule has 0 spiro atoms. The number of ether oxygens (including phenoxy) is 2. The Morgan fingerprint density at radius 3 is 2.76 bits per heavy atom. The van der Waals surface area contributed by atoms with Crippen LogP contribution in [0, 0.1) is 0 Å². The highest BCUT2D eigenvalue weighted by molar-refractivity contribution is 6.33. The number of carbonyl (C=O) groups is 1. The topological polar surface area (TPSA) is 61.6 Å². The molecule has 0 aliphatic heterocycles. The van der Waals surface area contributed by atoms with Crippen LogP contribution in [0.25, 0.3) is 11.3 Å². The van der Waals surface area contributed by atoms with Crippen LogP contribution in [0.1, 0.15) is 34.9 Å². The van der Waals surface area contributed by atoms with E-state index in [0.717, 1.165) is 12.8 Å². The maximum absolute atomic E-state index is 12.1. The van der Waals surface area contributed by atoms with Crippen molar-refractivity contribution >= 4 is 17.6 Å². The molecule has 1 aromatic carbocycles. The molecule has 5 nitrogen and oxygen atoms in total. The number of aromatic nitrogens is 1. The molecule has 0 atom stereocenters. The van der Waals surface area contributed by atoms with Crippen molar-refractivity contribution in [1.82, 2.24) is 5.16 Å². The van der Waals surface area contributed by atoms with E-state index < -0.39 is 5.97 Å². The Hall–Kier alpha value is -2.01. The van der Waals surface area contributed by atoms with Gasteiger partial charge in [0.05, 0.1) is 24.8 Å². The van der Waals surface area contributed by atoms with Crippen molar-refractivity contribution in [3.05, 3.63) is 34.5 Å². The normalized spacial score (nSPS) is 14.0. The molecule has 0 amide bonds. The van der Waals surface area contributed by atoms with Crippen molar-refractivity contribution in [2.24, 2.45) is 0 Å². The van der Waals surface area contributed by atoms with Gasteiger partial charge in [0, 0.05) is 5.92 Å². The summed E-state index contributed by atoms with van der Waals surface area (Å²) >= 11 is 6.25. The van der Waals surface area contributed by atoms with Crippen LogP contribution < -0.4 is 4.74 Å². The molecule has 110 valence electrons. The average Bonchev–Trinajstić information content (AvgIpc) is 3.25. The van der Waals surface area contributed by atoms with Crippen LogP contribution in [0.15, 0.2) is 22.7 Å². The van der Waals surface area contributed by atoms with Crippen LogP contribution in [0.5, 0.6) is 5.75 Å². The number of hydrogen-bond donors (Lipinski definition) is 0.